The number of aryl methyl sites for hydroxylation is 3. The molecule has 131 valence electrons. The molecule has 3 nitrogen and oxygen atoms in total. The number of benzene rings is 2. The Morgan fingerprint density at radius 1 is 0.960 bits per heavy atom. The summed E-state index contributed by atoms with van der Waals surface area (Å²) >= 11 is 12.1. The van der Waals surface area contributed by atoms with E-state index in [0.29, 0.717) is 5.56 Å². The Balaban J connectivity index is 2.37. The Hall–Kier alpha value is -1.54. The second-order valence-corrected chi connectivity index (χ2v) is 8.69. The Bertz CT molecular complexity index is 847. The van der Waals surface area contributed by atoms with Crippen LogP contribution >= 0.6 is 31.0 Å². The van der Waals surface area contributed by atoms with E-state index in [1.54, 1.807) is 19.9 Å². The maximum atomic E-state index is 12.8. The van der Waals surface area contributed by atoms with Crippen molar-refractivity contribution in [2.45, 2.75) is 33.4 Å². The largest absolute Gasteiger partial charge is 0.293 e. The maximum absolute atomic E-state index is 12.8. The fraction of sp³-hybridized carbons (Fsp3) is 0.263. The number of carbonyl (C=O) groups excluding carboxylic acids is 2. The highest BCUT2D eigenvalue weighted by Crippen LogP contribution is 2.38. The van der Waals surface area contributed by atoms with Gasteiger partial charge in [-0.05, 0) is 51.0 Å². The van der Waals surface area contributed by atoms with Crippen LogP contribution in [0.1, 0.15) is 44.3 Å². The van der Waals surface area contributed by atoms with E-state index in [-0.39, 0.29) is 15.6 Å². The molecule has 0 N–H and O–H groups in total. The van der Waals surface area contributed by atoms with Crippen LogP contribution in [0.5, 0.6) is 0 Å². The third kappa shape index (κ3) is 4.00. The van der Waals surface area contributed by atoms with Crippen LogP contribution in [-0.2, 0) is 4.57 Å². The molecule has 2 rings (SSSR count). The van der Waals surface area contributed by atoms with Gasteiger partial charge >= 0.3 is 0 Å². The molecule has 0 bridgehead atoms. The lowest BCUT2D eigenvalue weighted by Crippen LogP contribution is -2.18. The smallest absolute Gasteiger partial charge is 0.243 e. The van der Waals surface area contributed by atoms with Crippen LogP contribution in [0, 0.1) is 20.8 Å². The van der Waals surface area contributed by atoms with Crippen LogP contribution in [0.2, 0.25) is 10.0 Å². The van der Waals surface area contributed by atoms with Gasteiger partial charge in [-0.1, -0.05) is 47.0 Å². The number of hydrogen-bond acceptors (Lipinski definition) is 3. The van der Waals surface area contributed by atoms with Crippen LogP contribution in [0.4, 0.5) is 0 Å². The molecular formula is C19H18Cl2O3P. The van der Waals surface area contributed by atoms with Crippen molar-refractivity contribution < 1.29 is 14.2 Å². The number of Topliss-reactive ketones (excluding diaryl/α,β-unsaturated/α-hetero) is 1. The summed E-state index contributed by atoms with van der Waals surface area (Å²) in [6.07, 6.45) is 0. The third-order valence-electron chi connectivity index (χ3n) is 4.03. The lowest BCUT2D eigenvalue weighted by molar-refractivity contribution is 0.0982. The van der Waals surface area contributed by atoms with E-state index in [2.05, 4.69) is 0 Å². The van der Waals surface area contributed by atoms with Crippen LogP contribution in [0.3, 0.4) is 0 Å². The summed E-state index contributed by atoms with van der Waals surface area (Å²) in [6, 6.07) is 8.42. The molecule has 0 heterocycles. The van der Waals surface area contributed by atoms with Gasteiger partial charge in [-0.2, -0.15) is 0 Å². The molecule has 2 aromatic rings. The second-order valence-electron chi connectivity index (χ2n) is 6.04. The Kier molecular flexibility index (Phi) is 6.16. The van der Waals surface area contributed by atoms with E-state index in [4.69, 9.17) is 23.2 Å². The molecule has 0 amide bonds. The zero-order valence-corrected chi connectivity index (χ0v) is 16.8. The molecule has 2 aromatic carbocycles. The first kappa shape index (κ1) is 19.8. The third-order valence-corrected chi connectivity index (χ3v) is 6.22. The average molecular weight is 396 g/mol. The molecule has 0 fully saturated rings. The summed E-state index contributed by atoms with van der Waals surface area (Å²) in [7, 11) is -2.46. The predicted molar refractivity (Wildman–Crippen MR) is 103 cm³/mol. The van der Waals surface area contributed by atoms with Gasteiger partial charge in [0.25, 0.3) is 0 Å². The van der Waals surface area contributed by atoms with Gasteiger partial charge in [0.1, 0.15) is 0 Å². The summed E-state index contributed by atoms with van der Waals surface area (Å²) in [4.78, 5) is 25.4. The van der Waals surface area contributed by atoms with Gasteiger partial charge in [0, 0.05) is 5.56 Å². The minimum Gasteiger partial charge on any atom is -0.293 e. The minimum absolute atomic E-state index is 0.104. The first-order chi connectivity index (χ1) is 11.6. The van der Waals surface area contributed by atoms with E-state index >= 15 is 0 Å². The fourth-order valence-electron chi connectivity index (χ4n) is 2.85. The van der Waals surface area contributed by atoms with Crippen molar-refractivity contribution in [3.8, 4) is 0 Å². The number of ketones is 1. The maximum Gasteiger partial charge on any atom is 0.243 e. The normalized spacial score (nSPS) is 12.6. The highest BCUT2D eigenvalue weighted by molar-refractivity contribution is 7.66. The highest BCUT2D eigenvalue weighted by atomic mass is 35.5. The Labute approximate surface area is 158 Å². The second kappa shape index (κ2) is 7.78. The zero-order chi connectivity index (χ0) is 18.9. The Morgan fingerprint density at radius 2 is 1.44 bits per heavy atom. The van der Waals surface area contributed by atoms with E-state index in [1.807, 2.05) is 19.1 Å². The fourth-order valence-corrected chi connectivity index (χ4v) is 4.70. The van der Waals surface area contributed by atoms with E-state index in [1.165, 1.54) is 19.1 Å². The van der Waals surface area contributed by atoms with Crippen molar-refractivity contribution >= 4 is 42.3 Å². The quantitative estimate of drug-likeness (QED) is 0.449. The molecule has 2 unspecified atom stereocenters. The number of carbonyl (C=O) groups is 2. The van der Waals surface area contributed by atoms with Crippen LogP contribution < -0.4 is 0 Å². The monoisotopic (exact) mass is 395 g/mol. The van der Waals surface area contributed by atoms with Crippen LogP contribution in [0.15, 0.2) is 30.3 Å². The number of halogens is 2. The minimum atomic E-state index is -2.46. The lowest BCUT2D eigenvalue weighted by Gasteiger charge is -2.14. The van der Waals surface area contributed by atoms with Gasteiger partial charge in [0.2, 0.25) is 5.52 Å². The summed E-state index contributed by atoms with van der Waals surface area (Å²) in [5.41, 5.74) is 1.51. The van der Waals surface area contributed by atoms with Gasteiger partial charge < -0.3 is 0 Å². The van der Waals surface area contributed by atoms with Crippen molar-refractivity contribution in [2.24, 2.45) is 0 Å². The van der Waals surface area contributed by atoms with Crippen molar-refractivity contribution in [1.82, 2.24) is 0 Å². The summed E-state index contributed by atoms with van der Waals surface area (Å²) < 4.78 is 12.8. The molecule has 0 aliphatic heterocycles. The van der Waals surface area contributed by atoms with Crippen molar-refractivity contribution in [1.29, 1.82) is 0 Å². The lowest BCUT2D eigenvalue weighted by atomic mass is 10.0. The molecule has 6 heteroatoms. The highest BCUT2D eigenvalue weighted by Gasteiger charge is 2.31. The molecule has 1 radical (unpaired) electrons. The summed E-state index contributed by atoms with van der Waals surface area (Å²) in [5.74, 6) is -0.493. The van der Waals surface area contributed by atoms with Gasteiger partial charge in [-0.3, -0.25) is 14.2 Å². The SMILES string of the molecule is Cc1cc(C)c(C(=O)[P](=O)C(C)C(=O)c2c(Cl)cccc2Cl)c(C)c1. The summed E-state index contributed by atoms with van der Waals surface area (Å²) in [5, 5.41) is 0.366. The first-order valence-corrected chi connectivity index (χ1v) is 9.80. The molecule has 0 saturated heterocycles. The number of hydrogen-bond donors (Lipinski definition) is 0. The Morgan fingerprint density at radius 3 is 1.92 bits per heavy atom. The zero-order valence-electron chi connectivity index (χ0n) is 14.4. The van der Waals surface area contributed by atoms with Crippen molar-refractivity contribution in [3.63, 3.8) is 0 Å². The molecule has 2 atom stereocenters. The standard InChI is InChI=1S/C19H18Cl2O3P/c1-10-8-11(2)16(12(3)9-10)19(23)25(24)13(4)18(22)17-14(20)6-5-7-15(17)21/h5-9,13H,1-4H3. The van der Waals surface area contributed by atoms with Gasteiger partial charge in [0.15, 0.2) is 13.6 Å². The predicted octanol–water partition coefficient (Wildman–Crippen LogP) is 6.16. The first-order valence-electron chi connectivity index (χ1n) is 7.72. The van der Waals surface area contributed by atoms with Gasteiger partial charge in [-0.15, -0.1) is 0 Å². The topological polar surface area (TPSA) is 51.2 Å². The molecule has 0 aliphatic carbocycles. The number of rotatable bonds is 5. The van der Waals surface area contributed by atoms with Crippen LogP contribution in [0.25, 0.3) is 0 Å². The van der Waals surface area contributed by atoms with Crippen molar-refractivity contribution in [2.75, 3.05) is 0 Å². The van der Waals surface area contributed by atoms with Crippen LogP contribution in [-0.4, -0.2) is 17.0 Å². The molecule has 0 spiro atoms. The van der Waals surface area contributed by atoms with Crippen molar-refractivity contribution in [3.05, 3.63) is 68.2 Å². The molecule has 0 saturated carbocycles. The molecule has 25 heavy (non-hydrogen) atoms. The molecule has 0 aliphatic rings. The average Bonchev–Trinajstić information content (AvgIpc) is 2.52. The van der Waals surface area contributed by atoms with E-state index in [9.17, 15) is 14.2 Å². The summed E-state index contributed by atoms with van der Waals surface area (Å²) in [6.45, 7) is 7.00. The molecular weight excluding hydrogens is 378 g/mol. The van der Waals surface area contributed by atoms with E-state index < -0.39 is 24.8 Å². The van der Waals surface area contributed by atoms with Gasteiger partial charge in [0.05, 0.1) is 21.3 Å². The van der Waals surface area contributed by atoms with Gasteiger partial charge in [-0.25, -0.2) is 0 Å². The van der Waals surface area contributed by atoms with E-state index in [0.717, 1.165) is 16.7 Å². The molecule has 0 aromatic heterocycles.